The lowest BCUT2D eigenvalue weighted by molar-refractivity contribution is 0.0154. The Kier molecular flexibility index (Phi) is 10.7. The van der Waals surface area contributed by atoms with Crippen LogP contribution in [0.15, 0.2) is 0 Å². The van der Waals surface area contributed by atoms with E-state index in [1.54, 1.807) is 0 Å². The zero-order valence-electron chi connectivity index (χ0n) is 24.8. The van der Waals surface area contributed by atoms with Gasteiger partial charge in [-0.05, 0) is 60.2 Å². The van der Waals surface area contributed by atoms with Gasteiger partial charge in [0, 0.05) is 25.2 Å². The number of amides is 4. The summed E-state index contributed by atoms with van der Waals surface area (Å²) in [6.45, 7) is 12.8. The third-order valence-corrected chi connectivity index (χ3v) is 7.60. The number of carbonyl (C=O) groups is 4. The van der Waals surface area contributed by atoms with Crippen molar-refractivity contribution < 1.29 is 38.1 Å². The summed E-state index contributed by atoms with van der Waals surface area (Å²) < 4.78 is 19.6. The Labute approximate surface area is 232 Å². The first-order chi connectivity index (χ1) is 18.0. The van der Waals surface area contributed by atoms with Crippen molar-refractivity contribution >= 4 is 24.4 Å². The summed E-state index contributed by atoms with van der Waals surface area (Å²) in [5.74, 6) is 0. The van der Waals surface area contributed by atoms with Crippen molar-refractivity contribution in [2.45, 2.75) is 92.2 Å². The van der Waals surface area contributed by atoms with Gasteiger partial charge in [0.15, 0.2) is 0 Å². The van der Waals surface area contributed by atoms with E-state index >= 15 is 0 Å². The van der Waals surface area contributed by atoms with Crippen molar-refractivity contribution in [2.75, 3.05) is 34.1 Å². The van der Waals surface area contributed by atoms with Gasteiger partial charge in [0.25, 0.3) is 0 Å². The average Bonchev–Trinajstić information content (AvgIpc) is 2.79. The number of alkyl carbamates (subject to hydrolysis) is 4. The zero-order valence-corrected chi connectivity index (χ0v) is 24.8. The van der Waals surface area contributed by atoms with E-state index < -0.39 is 31.2 Å². The van der Waals surface area contributed by atoms with Gasteiger partial charge >= 0.3 is 24.4 Å². The van der Waals surface area contributed by atoms with E-state index in [0.717, 1.165) is 25.7 Å². The van der Waals surface area contributed by atoms with Crippen LogP contribution in [0.4, 0.5) is 19.2 Å². The van der Waals surface area contributed by atoms with Gasteiger partial charge in [0.1, 0.15) is 0 Å². The first-order valence-corrected chi connectivity index (χ1v) is 13.5. The summed E-state index contributed by atoms with van der Waals surface area (Å²) in [5.41, 5.74) is -0.612. The zero-order chi connectivity index (χ0) is 29.5. The third-order valence-electron chi connectivity index (χ3n) is 7.60. The van der Waals surface area contributed by atoms with Gasteiger partial charge in [0.05, 0.1) is 14.2 Å². The van der Waals surface area contributed by atoms with E-state index in [4.69, 9.17) is 18.9 Å². The van der Waals surface area contributed by atoms with Crippen LogP contribution in [0.3, 0.4) is 0 Å². The molecule has 39 heavy (non-hydrogen) atoms. The second-order valence-corrected chi connectivity index (χ2v) is 13.5. The molecule has 4 unspecified atom stereocenters. The Morgan fingerprint density at radius 1 is 0.615 bits per heavy atom. The van der Waals surface area contributed by atoms with Crippen LogP contribution in [-0.4, -0.2) is 70.6 Å². The van der Waals surface area contributed by atoms with Crippen molar-refractivity contribution in [3.8, 4) is 0 Å². The van der Waals surface area contributed by atoms with Crippen LogP contribution in [-0.2, 0) is 18.9 Å². The molecule has 2 saturated carbocycles. The van der Waals surface area contributed by atoms with Gasteiger partial charge in [-0.15, -0.1) is 0 Å². The smallest absolute Gasteiger partial charge is 0.410 e. The summed E-state index contributed by atoms with van der Waals surface area (Å²) in [6.07, 6.45) is 2.35. The first kappa shape index (κ1) is 32.3. The summed E-state index contributed by atoms with van der Waals surface area (Å²) in [5, 5.41) is 11.3. The largest absolute Gasteiger partial charge is 0.453 e. The van der Waals surface area contributed by atoms with Crippen LogP contribution in [0, 0.1) is 21.7 Å². The number of methoxy groups -OCH3 is 2. The minimum atomic E-state index is -0.692. The van der Waals surface area contributed by atoms with Crippen LogP contribution in [0.5, 0.6) is 0 Å². The molecule has 2 rings (SSSR count). The van der Waals surface area contributed by atoms with Gasteiger partial charge in [-0.3, -0.25) is 0 Å². The topological polar surface area (TPSA) is 153 Å². The van der Waals surface area contributed by atoms with E-state index in [1.807, 2.05) is 0 Å². The van der Waals surface area contributed by atoms with E-state index in [9.17, 15) is 19.2 Å². The van der Waals surface area contributed by atoms with Crippen LogP contribution in [0.2, 0.25) is 0 Å². The second kappa shape index (κ2) is 13.0. The van der Waals surface area contributed by atoms with E-state index in [1.165, 1.54) is 14.2 Å². The average molecular weight is 557 g/mol. The predicted molar refractivity (Wildman–Crippen MR) is 144 cm³/mol. The first-order valence-electron chi connectivity index (χ1n) is 13.5. The Bertz CT molecular complexity index is 825. The molecular weight excluding hydrogens is 508 g/mol. The highest BCUT2D eigenvalue weighted by molar-refractivity contribution is 5.69. The molecule has 224 valence electrons. The molecule has 0 bridgehead atoms. The third kappa shape index (κ3) is 11.0. The monoisotopic (exact) mass is 556 g/mol. The van der Waals surface area contributed by atoms with Crippen molar-refractivity contribution in [3.63, 3.8) is 0 Å². The summed E-state index contributed by atoms with van der Waals surface area (Å²) in [4.78, 5) is 47.9. The molecule has 4 atom stereocenters. The Morgan fingerprint density at radius 2 is 0.974 bits per heavy atom. The molecule has 0 heterocycles. The van der Waals surface area contributed by atoms with Crippen LogP contribution in [0.25, 0.3) is 0 Å². The fraction of sp³-hybridized carbons (Fsp3) is 0.852. The SMILES string of the molecule is COC(=O)NC1CC(C)(C)CC(C)(CNC(=O)OCOC(=O)NCC2(C)CC(NC(=O)OC)CC(C)(C)C2)C1. The number of carbonyl (C=O) groups excluding carboxylic acids is 4. The van der Waals surface area contributed by atoms with E-state index in [2.05, 4.69) is 62.8 Å². The second-order valence-electron chi connectivity index (χ2n) is 13.5. The maximum Gasteiger partial charge on any atom is 0.410 e. The maximum atomic E-state index is 12.3. The highest BCUT2D eigenvalue weighted by Gasteiger charge is 2.43. The predicted octanol–water partition coefficient (Wildman–Crippen LogP) is 4.28. The summed E-state index contributed by atoms with van der Waals surface area (Å²) in [7, 11) is 2.67. The molecule has 0 saturated heterocycles. The molecule has 0 aromatic carbocycles. The number of ether oxygens (including phenoxy) is 4. The molecule has 2 fully saturated rings. The Morgan fingerprint density at radius 3 is 1.31 bits per heavy atom. The van der Waals surface area contributed by atoms with E-state index in [-0.39, 0.29) is 33.7 Å². The quantitative estimate of drug-likeness (QED) is 0.255. The van der Waals surface area contributed by atoms with Gasteiger partial charge in [-0.1, -0.05) is 41.5 Å². The Balaban J connectivity index is 1.76. The molecule has 0 aromatic rings. The van der Waals surface area contributed by atoms with E-state index in [0.29, 0.717) is 25.9 Å². The molecule has 0 radical (unpaired) electrons. The Hall–Kier alpha value is -2.92. The summed E-state index contributed by atoms with van der Waals surface area (Å²) >= 11 is 0. The lowest BCUT2D eigenvalue weighted by Crippen LogP contribution is -2.50. The number of rotatable bonds is 8. The van der Waals surface area contributed by atoms with Crippen molar-refractivity contribution in [3.05, 3.63) is 0 Å². The molecule has 2 aliphatic carbocycles. The summed E-state index contributed by atoms with van der Waals surface area (Å²) in [6, 6.07) is -0.140. The highest BCUT2D eigenvalue weighted by atomic mass is 16.7. The van der Waals surface area contributed by atoms with Crippen LogP contribution < -0.4 is 21.3 Å². The number of nitrogens with one attached hydrogen (secondary N) is 4. The molecule has 4 amide bonds. The number of hydrogen-bond donors (Lipinski definition) is 4. The fourth-order valence-electron chi connectivity index (χ4n) is 7.00. The minimum Gasteiger partial charge on any atom is -0.453 e. The van der Waals surface area contributed by atoms with Crippen molar-refractivity contribution in [2.24, 2.45) is 21.7 Å². The number of hydrogen-bond acceptors (Lipinski definition) is 8. The van der Waals surface area contributed by atoms with Gasteiger partial charge in [0.2, 0.25) is 6.79 Å². The molecule has 0 aliphatic heterocycles. The maximum absolute atomic E-state index is 12.3. The van der Waals surface area contributed by atoms with Crippen molar-refractivity contribution in [1.82, 2.24) is 21.3 Å². The highest BCUT2D eigenvalue weighted by Crippen LogP contribution is 2.46. The molecule has 2 aliphatic rings. The lowest BCUT2D eigenvalue weighted by Gasteiger charge is -2.46. The van der Waals surface area contributed by atoms with Gasteiger partial charge in [-0.25, -0.2) is 19.2 Å². The molecule has 12 nitrogen and oxygen atoms in total. The molecule has 0 aromatic heterocycles. The molecule has 4 N–H and O–H groups in total. The normalized spacial score (nSPS) is 29.2. The van der Waals surface area contributed by atoms with Gasteiger partial charge in [-0.2, -0.15) is 0 Å². The molecular formula is C27H48N4O8. The fourth-order valence-corrected chi connectivity index (χ4v) is 7.00. The van der Waals surface area contributed by atoms with Crippen LogP contribution >= 0.6 is 0 Å². The molecule has 12 heteroatoms. The lowest BCUT2D eigenvalue weighted by atomic mass is 9.62. The van der Waals surface area contributed by atoms with Crippen LogP contribution in [0.1, 0.15) is 80.1 Å². The van der Waals surface area contributed by atoms with Gasteiger partial charge < -0.3 is 40.2 Å². The minimum absolute atomic E-state index is 0.0367. The van der Waals surface area contributed by atoms with Crippen molar-refractivity contribution in [1.29, 1.82) is 0 Å². The standard InChI is InChI=1S/C27H48N4O8/c1-24(2)9-18(30-22(34)36-7)11-26(5,13-24)15-28-20(32)38-17-39-21(33)29-16-27(6)12-19(31-23(35)37-8)10-25(3,4)14-27/h18-19H,9-17H2,1-8H3,(H,28,32)(H,29,33)(H,30,34)(H,31,35). The molecule has 0 spiro atoms.